The van der Waals surface area contributed by atoms with Crippen molar-refractivity contribution >= 4 is 11.6 Å². The van der Waals surface area contributed by atoms with Gasteiger partial charge in [0, 0.05) is 25.8 Å². The van der Waals surface area contributed by atoms with Gasteiger partial charge in [-0.15, -0.1) is 0 Å². The van der Waals surface area contributed by atoms with E-state index >= 15 is 0 Å². The molecule has 82 valence electrons. The van der Waals surface area contributed by atoms with Crippen molar-refractivity contribution < 1.29 is 0 Å². The molecule has 0 atom stereocenters. The Kier molecular flexibility index (Phi) is 5.08. The Labute approximate surface area is 90.6 Å². The van der Waals surface area contributed by atoms with Crippen molar-refractivity contribution in [3.05, 3.63) is 30.3 Å². The van der Waals surface area contributed by atoms with Crippen LogP contribution in [0, 0.1) is 0 Å². The van der Waals surface area contributed by atoms with Crippen molar-refractivity contribution in [1.82, 2.24) is 5.32 Å². The summed E-state index contributed by atoms with van der Waals surface area (Å²) in [4.78, 5) is 3.81. The molecular weight excluding hydrogens is 188 g/mol. The molecule has 0 saturated heterocycles. The molecule has 0 saturated carbocycles. The quantitative estimate of drug-likeness (QED) is 0.383. The van der Waals surface area contributed by atoms with Gasteiger partial charge >= 0.3 is 0 Å². The monoisotopic (exact) mass is 206 g/mol. The van der Waals surface area contributed by atoms with Crippen LogP contribution in [-0.4, -0.2) is 26.1 Å². The molecule has 4 N–H and O–H groups in total. The largest absolute Gasteiger partial charge is 0.385 e. The standard InChI is InChI=1S/C11H18N4/c1-13-11(12)15-9-5-8-14-10-6-3-2-4-7-10/h2-4,6-7,14H,5,8-9H2,1H3,(H3,12,13,15). The first-order valence-corrected chi connectivity index (χ1v) is 5.08. The number of guanidine groups is 1. The smallest absolute Gasteiger partial charge is 0.188 e. The zero-order valence-electron chi connectivity index (χ0n) is 9.03. The summed E-state index contributed by atoms with van der Waals surface area (Å²) < 4.78 is 0. The molecule has 0 unspecified atom stereocenters. The second-order valence-electron chi connectivity index (χ2n) is 3.18. The van der Waals surface area contributed by atoms with Crippen LogP contribution in [0.4, 0.5) is 5.69 Å². The number of anilines is 1. The molecule has 0 aliphatic carbocycles. The van der Waals surface area contributed by atoms with Crippen molar-refractivity contribution in [2.45, 2.75) is 6.42 Å². The van der Waals surface area contributed by atoms with Crippen molar-refractivity contribution in [3.63, 3.8) is 0 Å². The fourth-order valence-corrected chi connectivity index (χ4v) is 1.17. The average Bonchev–Trinajstić information content (AvgIpc) is 2.29. The Bertz CT molecular complexity index is 295. The number of nitrogens with zero attached hydrogens (tertiary/aromatic N) is 1. The molecule has 4 nitrogen and oxygen atoms in total. The maximum atomic E-state index is 5.48. The van der Waals surface area contributed by atoms with Crippen LogP contribution in [-0.2, 0) is 0 Å². The molecule has 0 radical (unpaired) electrons. The highest BCUT2D eigenvalue weighted by Crippen LogP contribution is 2.03. The average molecular weight is 206 g/mol. The van der Waals surface area contributed by atoms with Crippen molar-refractivity contribution in [2.75, 3.05) is 25.5 Å². The third-order valence-corrected chi connectivity index (χ3v) is 2.00. The lowest BCUT2D eigenvalue weighted by Crippen LogP contribution is -2.32. The van der Waals surface area contributed by atoms with Crippen molar-refractivity contribution in [3.8, 4) is 0 Å². The molecule has 0 heterocycles. The summed E-state index contributed by atoms with van der Waals surface area (Å²) in [5, 5.41) is 6.32. The topological polar surface area (TPSA) is 62.4 Å². The highest BCUT2D eigenvalue weighted by atomic mass is 15.1. The van der Waals surface area contributed by atoms with Gasteiger partial charge in [-0.2, -0.15) is 0 Å². The van der Waals surface area contributed by atoms with Gasteiger partial charge in [-0.3, -0.25) is 4.99 Å². The van der Waals surface area contributed by atoms with Gasteiger partial charge in [-0.1, -0.05) is 18.2 Å². The fraction of sp³-hybridized carbons (Fsp3) is 0.364. The highest BCUT2D eigenvalue weighted by Gasteiger charge is 1.91. The molecule has 0 aliphatic rings. The Balaban J connectivity index is 2.08. The summed E-state index contributed by atoms with van der Waals surface area (Å²) in [6.45, 7) is 1.76. The van der Waals surface area contributed by atoms with Gasteiger partial charge in [0.25, 0.3) is 0 Å². The molecule has 0 amide bonds. The maximum Gasteiger partial charge on any atom is 0.188 e. The molecule has 0 aromatic heterocycles. The Morgan fingerprint density at radius 3 is 2.67 bits per heavy atom. The second kappa shape index (κ2) is 6.70. The molecule has 0 fully saturated rings. The van der Waals surface area contributed by atoms with Crippen LogP contribution >= 0.6 is 0 Å². The van der Waals surface area contributed by atoms with E-state index in [0.29, 0.717) is 5.96 Å². The van der Waals surface area contributed by atoms with Crippen molar-refractivity contribution in [1.29, 1.82) is 0 Å². The minimum atomic E-state index is 0.495. The SMILES string of the molecule is CN=C(N)NCCCNc1ccccc1. The van der Waals surface area contributed by atoms with Gasteiger partial charge in [0.1, 0.15) is 0 Å². The molecule has 1 aromatic carbocycles. The van der Waals surface area contributed by atoms with E-state index in [1.165, 1.54) is 0 Å². The van der Waals surface area contributed by atoms with E-state index in [1.54, 1.807) is 7.05 Å². The summed E-state index contributed by atoms with van der Waals surface area (Å²) in [7, 11) is 1.67. The Morgan fingerprint density at radius 1 is 1.27 bits per heavy atom. The van der Waals surface area contributed by atoms with Crippen LogP contribution in [0.25, 0.3) is 0 Å². The maximum absolute atomic E-state index is 5.48. The number of para-hydroxylation sites is 1. The minimum Gasteiger partial charge on any atom is -0.385 e. The van der Waals surface area contributed by atoms with Gasteiger partial charge < -0.3 is 16.4 Å². The van der Waals surface area contributed by atoms with E-state index < -0.39 is 0 Å². The molecule has 4 heteroatoms. The first-order valence-electron chi connectivity index (χ1n) is 5.08. The fourth-order valence-electron chi connectivity index (χ4n) is 1.17. The van der Waals surface area contributed by atoms with Gasteiger partial charge in [-0.05, 0) is 18.6 Å². The molecule has 1 aromatic rings. The van der Waals surface area contributed by atoms with Gasteiger partial charge in [0.05, 0.1) is 0 Å². The van der Waals surface area contributed by atoms with Crippen LogP contribution in [0.5, 0.6) is 0 Å². The first-order chi connectivity index (χ1) is 7.33. The Hall–Kier alpha value is -1.71. The van der Waals surface area contributed by atoms with E-state index in [0.717, 1.165) is 25.2 Å². The zero-order chi connectivity index (χ0) is 10.9. The predicted octanol–water partition coefficient (Wildman–Crippen LogP) is 1.02. The number of hydrogen-bond donors (Lipinski definition) is 3. The summed E-state index contributed by atoms with van der Waals surface area (Å²) in [6.07, 6.45) is 1.01. The zero-order valence-corrected chi connectivity index (χ0v) is 9.03. The lowest BCUT2D eigenvalue weighted by Gasteiger charge is -2.07. The number of hydrogen-bond acceptors (Lipinski definition) is 2. The van der Waals surface area contributed by atoms with Crippen LogP contribution in [0.15, 0.2) is 35.3 Å². The molecule has 0 aliphatic heterocycles. The third-order valence-electron chi connectivity index (χ3n) is 2.00. The van der Waals surface area contributed by atoms with E-state index in [1.807, 2.05) is 18.2 Å². The van der Waals surface area contributed by atoms with E-state index in [2.05, 4.69) is 27.8 Å². The lowest BCUT2D eigenvalue weighted by molar-refractivity contribution is 0.798. The number of benzene rings is 1. The van der Waals surface area contributed by atoms with Crippen LogP contribution in [0.2, 0.25) is 0 Å². The highest BCUT2D eigenvalue weighted by molar-refractivity contribution is 5.77. The van der Waals surface area contributed by atoms with Gasteiger partial charge in [-0.25, -0.2) is 0 Å². The summed E-state index contributed by atoms with van der Waals surface area (Å²) in [6, 6.07) is 10.1. The van der Waals surface area contributed by atoms with E-state index in [9.17, 15) is 0 Å². The Morgan fingerprint density at radius 2 is 2.00 bits per heavy atom. The number of nitrogens with one attached hydrogen (secondary N) is 2. The predicted molar refractivity (Wildman–Crippen MR) is 65.1 cm³/mol. The second-order valence-corrected chi connectivity index (χ2v) is 3.18. The molecule has 15 heavy (non-hydrogen) atoms. The summed E-state index contributed by atoms with van der Waals surface area (Å²) >= 11 is 0. The van der Waals surface area contributed by atoms with Crippen LogP contribution < -0.4 is 16.4 Å². The molecule has 1 rings (SSSR count). The summed E-state index contributed by atoms with van der Waals surface area (Å²) in [5.74, 6) is 0.495. The lowest BCUT2D eigenvalue weighted by atomic mass is 10.3. The minimum absolute atomic E-state index is 0.495. The molecule has 0 bridgehead atoms. The van der Waals surface area contributed by atoms with Crippen LogP contribution in [0.3, 0.4) is 0 Å². The van der Waals surface area contributed by atoms with Gasteiger partial charge in [0.15, 0.2) is 5.96 Å². The normalized spacial score (nSPS) is 11.1. The molecule has 0 spiro atoms. The molecular formula is C11H18N4. The number of rotatable bonds is 5. The van der Waals surface area contributed by atoms with E-state index in [-0.39, 0.29) is 0 Å². The van der Waals surface area contributed by atoms with Crippen molar-refractivity contribution in [2.24, 2.45) is 10.7 Å². The number of nitrogens with two attached hydrogens (primary N) is 1. The van der Waals surface area contributed by atoms with Gasteiger partial charge in [0.2, 0.25) is 0 Å². The third kappa shape index (κ3) is 4.90. The van der Waals surface area contributed by atoms with E-state index in [4.69, 9.17) is 5.73 Å². The first kappa shape index (κ1) is 11.4. The van der Waals surface area contributed by atoms with Crippen LogP contribution in [0.1, 0.15) is 6.42 Å². The number of aliphatic imine (C=N–C) groups is 1. The summed E-state index contributed by atoms with van der Waals surface area (Å²) in [5.41, 5.74) is 6.63.